The predicted octanol–water partition coefficient (Wildman–Crippen LogP) is 2.20. The number of hydrogen-bond acceptors (Lipinski definition) is 3. The number of carbonyl (C=O) groups excluding carboxylic acids is 1. The molecule has 0 unspecified atom stereocenters. The molecule has 0 amide bonds. The number of fused-ring (bicyclic) bond motifs is 2. The number of ether oxygens (including phenoxy) is 1. The molecule has 1 aliphatic heterocycles. The second-order valence-electron chi connectivity index (χ2n) is 5.96. The van der Waals surface area contributed by atoms with Crippen molar-refractivity contribution in [3.63, 3.8) is 0 Å². The Morgan fingerprint density at radius 1 is 1.12 bits per heavy atom. The lowest BCUT2D eigenvalue weighted by atomic mass is 9.81. The Morgan fingerprint density at radius 3 is 2.53 bits per heavy atom. The molecule has 2 aliphatic carbocycles. The molecule has 4 atom stereocenters. The highest BCUT2D eigenvalue weighted by atomic mass is 16.5. The summed E-state index contributed by atoms with van der Waals surface area (Å²) >= 11 is 0. The average Bonchev–Trinajstić information content (AvgIpc) is 2.87. The zero-order valence-corrected chi connectivity index (χ0v) is 10.7. The van der Waals surface area contributed by atoms with Crippen LogP contribution in [0.1, 0.15) is 45.4 Å². The molecule has 0 aromatic rings. The Bertz CT molecular complexity index is 299. The number of esters is 1. The van der Waals surface area contributed by atoms with Crippen molar-refractivity contribution in [2.45, 2.75) is 57.6 Å². The van der Waals surface area contributed by atoms with Crippen LogP contribution in [0.3, 0.4) is 0 Å². The van der Waals surface area contributed by atoms with E-state index < -0.39 is 0 Å². The molecule has 2 bridgehead atoms. The second kappa shape index (κ2) is 4.60. The van der Waals surface area contributed by atoms with Gasteiger partial charge < -0.3 is 4.74 Å². The summed E-state index contributed by atoms with van der Waals surface area (Å²) in [6.07, 6.45) is 8.06. The molecule has 0 radical (unpaired) electrons. The van der Waals surface area contributed by atoms with Gasteiger partial charge in [0, 0.05) is 18.9 Å². The van der Waals surface area contributed by atoms with Crippen LogP contribution in [0.2, 0.25) is 0 Å². The fourth-order valence-corrected chi connectivity index (χ4v) is 4.31. The minimum Gasteiger partial charge on any atom is -0.462 e. The quantitative estimate of drug-likeness (QED) is 0.690. The number of carbonyl (C=O) groups is 1. The molecule has 3 nitrogen and oxygen atoms in total. The summed E-state index contributed by atoms with van der Waals surface area (Å²) in [6.45, 7) is 4.08. The Kier molecular flexibility index (Phi) is 3.12. The van der Waals surface area contributed by atoms with E-state index in [2.05, 4.69) is 4.90 Å². The molecule has 3 fully saturated rings. The highest BCUT2D eigenvalue weighted by Crippen LogP contribution is 2.46. The molecule has 0 aromatic heterocycles. The lowest BCUT2D eigenvalue weighted by molar-refractivity contribution is -0.154. The van der Waals surface area contributed by atoms with Crippen LogP contribution in [-0.2, 0) is 9.53 Å². The minimum atomic E-state index is -0.0889. The maximum atomic E-state index is 11.2. The van der Waals surface area contributed by atoms with Crippen LogP contribution in [0, 0.1) is 11.8 Å². The van der Waals surface area contributed by atoms with E-state index in [9.17, 15) is 4.79 Å². The maximum absolute atomic E-state index is 11.2. The largest absolute Gasteiger partial charge is 0.462 e. The third-order valence-corrected chi connectivity index (χ3v) is 5.00. The molecular formula is C14H23NO2. The zero-order chi connectivity index (χ0) is 11.8. The molecule has 0 aromatic carbocycles. The van der Waals surface area contributed by atoms with Gasteiger partial charge in [-0.3, -0.25) is 9.69 Å². The molecule has 0 N–H and O–H groups in total. The first-order chi connectivity index (χ1) is 8.25. The molecule has 17 heavy (non-hydrogen) atoms. The van der Waals surface area contributed by atoms with Crippen LogP contribution in [0.15, 0.2) is 0 Å². The summed E-state index contributed by atoms with van der Waals surface area (Å²) in [7, 11) is 0. The molecule has 2 saturated carbocycles. The van der Waals surface area contributed by atoms with Gasteiger partial charge in [-0.2, -0.15) is 0 Å². The van der Waals surface area contributed by atoms with E-state index in [1.165, 1.54) is 51.6 Å². The first-order valence-electron chi connectivity index (χ1n) is 7.17. The van der Waals surface area contributed by atoms with Crippen molar-refractivity contribution in [2.24, 2.45) is 11.8 Å². The zero-order valence-electron chi connectivity index (χ0n) is 10.7. The van der Waals surface area contributed by atoms with Crippen molar-refractivity contribution in [2.75, 3.05) is 13.1 Å². The Balaban J connectivity index is 1.72. The molecule has 0 spiro atoms. The molecule has 3 rings (SSSR count). The fourth-order valence-electron chi connectivity index (χ4n) is 4.31. The van der Waals surface area contributed by atoms with Gasteiger partial charge >= 0.3 is 5.97 Å². The smallest absolute Gasteiger partial charge is 0.302 e. The van der Waals surface area contributed by atoms with Crippen LogP contribution >= 0.6 is 0 Å². The second-order valence-corrected chi connectivity index (χ2v) is 5.96. The van der Waals surface area contributed by atoms with Crippen molar-refractivity contribution in [3.8, 4) is 0 Å². The van der Waals surface area contributed by atoms with Gasteiger partial charge in [-0.05, 0) is 57.5 Å². The summed E-state index contributed by atoms with van der Waals surface area (Å²) in [5, 5.41) is 0. The number of nitrogens with zero attached hydrogens (tertiary/aromatic N) is 1. The normalized spacial score (nSPS) is 41.7. The lowest BCUT2D eigenvalue weighted by Crippen LogP contribution is -2.47. The fraction of sp³-hybridized carbons (Fsp3) is 0.929. The van der Waals surface area contributed by atoms with Crippen molar-refractivity contribution >= 4 is 5.97 Å². The summed E-state index contributed by atoms with van der Waals surface area (Å²) in [4.78, 5) is 13.9. The molecule has 3 aliphatic rings. The van der Waals surface area contributed by atoms with E-state index in [0.29, 0.717) is 17.9 Å². The van der Waals surface area contributed by atoms with Crippen molar-refractivity contribution in [1.82, 2.24) is 4.90 Å². The molecule has 3 heteroatoms. The van der Waals surface area contributed by atoms with Crippen molar-refractivity contribution < 1.29 is 9.53 Å². The van der Waals surface area contributed by atoms with Crippen LogP contribution in [-0.4, -0.2) is 36.1 Å². The average molecular weight is 237 g/mol. The topological polar surface area (TPSA) is 29.5 Å². The number of hydrogen-bond donors (Lipinski definition) is 0. The summed E-state index contributed by atoms with van der Waals surface area (Å²) in [5.74, 6) is 1.19. The highest BCUT2D eigenvalue weighted by Gasteiger charge is 2.48. The van der Waals surface area contributed by atoms with Crippen molar-refractivity contribution in [3.05, 3.63) is 0 Å². The first-order valence-corrected chi connectivity index (χ1v) is 7.17. The SMILES string of the molecule is CC(=O)O[C@@H]1[C@H]2CC[C@@H]1[C@H](N1CCCC1)CC2. The van der Waals surface area contributed by atoms with Gasteiger partial charge in [0.05, 0.1) is 0 Å². The third kappa shape index (κ3) is 2.10. The Labute approximate surface area is 104 Å². The van der Waals surface area contributed by atoms with E-state index in [4.69, 9.17) is 4.74 Å². The van der Waals surface area contributed by atoms with E-state index in [-0.39, 0.29) is 12.1 Å². The Hall–Kier alpha value is -0.570. The van der Waals surface area contributed by atoms with Gasteiger partial charge in [-0.25, -0.2) is 0 Å². The molecule has 1 saturated heterocycles. The van der Waals surface area contributed by atoms with Gasteiger partial charge in [-0.1, -0.05) is 0 Å². The first kappa shape index (κ1) is 11.5. The van der Waals surface area contributed by atoms with Crippen LogP contribution in [0.5, 0.6) is 0 Å². The van der Waals surface area contributed by atoms with Crippen molar-refractivity contribution in [1.29, 1.82) is 0 Å². The van der Waals surface area contributed by atoms with Crippen LogP contribution in [0.25, 0.3) is 0 Å². The van der Waals surface area contributed by atoms with Gasteiger partial charge in [0.15, 0.2) is 0 Å². The van der Waals surface area contributed by atoms with Crippen LogP contribution < -0.4 is 0 Å². The minimum absolute atomic E-state index is 0.0889. The number of rotatable bonds is 2. The summed E-state index contributed by atoms with van der Waals surface area (Å²) in [5.41, 5.74) is 0. The van der Waals surface area contributed by atoms with E-state index in [1.807, 2.05) is 0 Å². The van der Waals surface area contributed by atoms with E-state index >= 15 is 0 Å². The van der Waals surface area contributed by atoms with Gasteiger partial charge in [0.2, 0.25) is 0 Å². The maximum Gasteiger partial charge on any atom is 0.302 e. The van der Waals surface area contributed by atoms with E-state index in [0.717, 1.165) is 0 Å². The molecule has 96 valence electrons. The molecule has 1 heterocycles. The van der Waals surface area contributed by atoms with E-state index in [1.54, 1.807) is 6.92 Å². The van der Waals surface area contributed by atoms with Gasteiger partial charge in [-0.15, -0.1) is 0 Å². The monoisotopic (exact) mass is 237 g/mol. The summed E-state index contributed by atoms with van der Waals surface area (Å²) in [6, 6.07) is 0.695. The summed E-state index contributed by atoms with van der Waals surface area (Å²) < 4.78 is 5.60. The lowest BCUT2D eigenvalue weighted by Gasteiger charge is -2.40. The standard InChI is InChI=1S/C14H23NO2/c1-10(16)17-14-11-4-6-12(14)13(7-5-11)15-8-2-3-9-15/h11-14H,2-9H2,1H3/t11-,12+,13+,14+/m0/s1. The Morgan fingerprint density at radius 2 is 1.82 bits per heavy atom. The predicted molar refractivity (Wildman–Crippen MR) is 65.6 cm³/mol. The molecular weight excluding hydrogens is 214 g/mol. The highest BCUT2D eigenvalue weighted by molar-refractivity contribution is 5.66. The van der Waals surface area contributed by atoms with Crippen LogP contribution in [0.4, 0.5) is 0 Å². The third-order valence-electron chi connectivity index (χ3n) is 5.00. The number of likely N-dealkylation sites (tertiary alicyclic amines) is 1. The van der Waals surface area contributed by atoms with Gasteiger partial charge in [0.1, 0.15) is 6.10 Å². The van der Waals surface area contributed by atoms with Gasteiger partial charge in [0.25, 0.3) is 0 Å².